The lowest BCUT2D eigenvalue weighted by Gasteiger charge is -2.05. The number of hydrogen-bond donors (Lipinski definition) is 1. The molecule has 2 aromatic heterocycles. The number of nitrogens with one attached hydrogen (secondary N) is 1. The van der Waals surface area contributed by atoms with Crippen molar-refractivity contribution in [3.05, 3.63) is 30.0 Å². The highest BCUT2D eigenvalue weighted by atomic mass is 16.4. The van der Waals surface area contributed by atoms with Crippen LogP contribution in [-0.4, -0.2) is 17.6 Å². The minimum absolute atomic E-state index is 0.524. The molecule has 1 N–H and O–H groups in total. The van der Waals surface area contributed by atoms with Gasteiger partial charge in [0.1, 0.15) is 0 Å². The number of nitrogens with zero attached hydrogens (tertiary/aromatic N) is 1. The van der Waals surface area contributed by atoms with Gasteiger partial charge in [0.25, 0.3) is 0 Å². The molecule has 0 spiro atoms. The van der Waals surface area contributed by atoms with Gasteiger partial charge >= 0.3 is 0 Å². The smallest absolute Gasteiger partial charge is 0.195 e. The first-order chi connectivity index (χ1) is 8.66. The van der Waals surface area contributed by atoms with Crippen LogP contribution in [0.25, 0.3) is 11.5 Å². The van der Waals surface area contributed by atoms with E-state index in [1.165, 1.54) is 0 Å². The van der Waals surface area contributed by atoms with E-state index in [0.29, 0.717) is 11.8 Å². The molecule has 0 radical (unpaired) electrons. The molecule has 4 nitrogen and oxygen atoms in total. The fourth-order valence-electron chi connectivity index (χ4n) is 1.79. The Morgan fingerprint density at radius 3 is 2.89 bits per heavy atom. The van der Waals surface area contributed by atoms with Crippen LogP contribution in [0.2, 0.25) is 0 Å². The van der Waals surface area contributed by atoms with Crippen molar-refractivity contribution in [2.75, 3.05) is 6.54 Å². The average Bonchev–Trinajstić information content (AvgIpc) is 2.92. The van der Waals surface area contributed by atoms with E-state index in [1.54, 1.807) is 12.5 Å². The lowest BCUT2D eigenvalue weighted by atomic mass is 10.2. The summed E-state index contributed by atoms with van der Waals surface area (Å²) in [5.41, 5.74) is 1.07. The topological polar surface area (TPSA) is 51.2 Å². The molecule has 0 bridgehead atoms. The van der Waals surface area contributed by atoms with Crippen LogP contribution in [0, 0.1) is 6.92 Å². The van der Waals surface area contributed by atoms with Crippen LogP contribution in [-0.2, 0) is 6.42 Å². The SMILES string of the molecule is Cc1ccoc1-c1cnc(CCCNC(C)C)o1. The molecule has 0 aliphatic carbocycles. The second kappa shape index (κ2) is 5.87. The Morgan fingerprint density at radius 2 is 2.22 bits per heavy atom. The molecule has 0 unspecified atom stereocenters. The summed E-state index contributed by atoms with van der Waals surface area (Å²) in [5.74, 6) is 2.25. The third-order valence-corrected chi connectivity index (χ3v) is 2.76. The van der Waals surface area contributed by atoms with Gasteiger partial charge in [-0.3, -0.25) is 0 Å². The van der Waals surface area contributed by atoms with Gasteiger partial charge in [-0.1, -0.05) is 13.8 Å². The Morgan fingerprint density at radius 1 is 1.39 bits per heavy atom. The fraction of sp³-hybridized carbons (Fsp3) is 0.500. The molecule has 0 aromatic carbocycles. The van der Waals surface area contributed by atoms with Crippen molar-refractivity contribution in [2.24, 2.45) is 0 Å². The molecule has 0 aliphatic rings. The standard InChI is InChI=1S/C14H20N2O2/c1-10(2)15-7-4-5-13-16-9-12(18-13)14-11(3)6-8-17-14/h6,8-10,15H,4-5,7H2,1-3H3. The zero-order valence-electron chi connectivity index (χ0n) is 11.2. The fourth-order valence-corrected chi connectivity index (χ4v) is 1.79. The van der Waals surface area contributed by atoms with Gasteiger partial charge in [0.05, 0.1) is 12.5 Å². The second-order valence-electron chi connectivity index (χ2n) is 4.76. The first-order valence-electron chi connectivity index (χ1n) is 6.39. The number of furan rings is 1. The Bertz CT molecular complexity index is 485. The molecule has 0 fully saturated rings. The van der Waals surface area contributed by atoms with Crippen molar-refractivity contribution >= 4 is 0 Å². The van der Waals surface area contributed by atoms with Gasteiger partial charge in [-0.2, -0.15) is 0 Å². The van der Waals surface area contributed by atoms with Crippen LogP contribution in [0.3, 0.4) is 0 Å². The first kappa shape index (κ1) is 12.9. The van der Waals surface area contributed by atoms with Crippen LogP contribution < -0.4 is 5.32 Å². The van der Waals surface area contributed by atoms with Crippen molar-refractivity contribution in [3.8, 4) is 11.5 Å². The summed E-state index contributed by atoms with van der Waals surface area (Å²) < 4.78 is 11.1. The maximum absolute atomic E-state index is 5.68. The summed E-state index contributed by atoms with van der Waals surface area (Å²) in [4.78, 5) is 4.28. The lowest BCUT2D eigenvalue weighted by Crippen LogP contribution is -2.23. The molecule has 0 saturated heterocycles. The Labute approximate surface area is 107 Å². The van der Waals surface area contributed by atoms with E-state index in [9.17, 15) is 0 Å². The third kappa shape index (κ3) is 3.23. The summed E-state index contributed by atoms with van der Waals surface area (Å²) in [6.45, 7) is 7.26. The van der Waals surface area contributed by atoms with Gasteiger partial charge in [-0.15, -0.1) is 0 Å². The molecule has 0 atom stereocenters. The molecule has 98 valence electrons. The molecule has 0 aliphatic heterocycles. The molecular weight excluding hydrogens is 228 g/mol. The number of aryl methyl sites for hydroxylation is 2. The van der Waals surface area contributed by atoms with Crippen molar-refractivity contribution in [2.45, 2.75) is 39.7 Å². The largest absolute Gasteiger partial charge is 0.461 e. The minimum Gasteiger partial charge on any atom is -0.461 e. The molecule has 18 heavy (non-hydrogen) atoms. The van der Waals surface area contributed by atoms with Crippen molar-refractivity contribution in [1.29, 1.82) is 0 Å². The van der Waals surface area contributed by atoms with Crippen LogP contribution >= 0.6 is 0 Å². The van der Waals surface area contributed by atoms with Crippen LogP contribution in [0.15, 0.2) is 27.4 Å². The molecule has 0 saturated carbocycles. The molecule has 2 aromatic rings. The lowest BCUT2D eigenvalue weighted by molar-refractivity contribution is 0.467. The maximum Gasteiger partial charge on any atom is 0.195 e. The van der Waals surface area contributed by atoms with E-state index in [1.807, 2.05) is 13.0 Å². The third-order valence-electron chi connectivity index (χ3n) is 2.76. The highest BCUT2D eigenvalue weighted by molar-refractivity contribution is 5.53. The van der Waals surface area contributed by atoms with Gasteiger partial charge in [-0.25, -0.2) is 4.98 Å². The molecular formula is C14H20N2O2. The normalized spacial score (nSPS) is 11.3. The summed E-state index contributed by atoms with van der Waals surface area (Å²) >= 11 is 0. The Balaban J connectivity index is 1.89. The zero-order chi connectivity index (χ0) is 13.0. The molecule has 2 rings (SSSR count). The average molecular weight is 248 g/mol. The van der Waals surface area contributed by atoms with Crippen molar-refractivity contribution < 1.29 is 8.83 Å². The van der Waals surface area contributed by atoms with E-state index in [-0.39, 0.29) is 0 Å². The summed E-state index contributed by atoms with van der Waals surface area (Å²) in [6, 6.07) is 2.44. The molecule has 4 heteroatoms. The Kier molecular flexibility index (Phi) is 4.20. The molecule has 0 amide bonds. The van der Waals surface area contributed by atoms with Crippen molar-refractivity contribution in [3.63, 3.8) is 0 Å². The number of aromatic nitrogens is 1. The van der Waals surface area contributed by atoms with Crippen LogP contribution in [0.5, 0.6) is 0 Å². The van der Waals surface area contributed by atoms with E-state index in [4.69, 9.17) is 8.83 Å². The number of oxazole rings is 1. The predicted octanol–water partition coefficient (Wildman–Crippen LogP) is 3.17. The zero-order valence-corrected chi connectivity index (χ0v) is 11.2. The highest BCUT2D eigenvalue weighted by Gasteiger charge is 2.11. The Hall–Kier alpha value is -1.55. The van der Waals surface area contributed by atoms with Gasteiger partial charge in [0.15, 0.2) is 17.4 Å². The van der Waals surface area contributed by atoms with E-state index >= 15 is 0 Å². The van der Waals surface area contributed by atoms with Gasteiger partial charge in [-0.05, 0) is 31.5 Å². The second-order valence-corrected chi connectivity index (χ2v) is 4.76. The maximum atomic E-state index is 5.68. The minimum atomic E-state index is 0.524. The van der Waals surface area contributed by atoms with E-state index in [2.05, 4.69) is 24.1 Å². The summed E-state index contributed by atoms with van der Waals surface area (Å²) in [7, 11) is 0. The van der Waals surface area contributed by atoms with E-state index in [0.717, 1.165) is 36.6 Å². The quantitative estimate of drug-likeness (QED) is 0.798. The predicted molar refractivity (Wildman–Crippen MR) is 70.4 cm³/mol. The van der Waals surface area contributed by atoms with Crippen molar-refractivity contribution in [1.82, 2.24) is 10.3 Å². The number of hydrogen-bond acceptors (Lipinski definition) is 4. The molecule has 2 heterocycles. The van der Waals surface area contributed by atoms with Gasteiger partial charge in [0, 0.05) is 12.5 Å². The number of rotatable bonds is 6. The van der Waals surface area contributed by atoms with Gasteiger partial charge in [0.2, 0.25) is 0 Å². The van der Waals surface area contributed by atoms with Crippen LogP contribution in [0.4, 0.5) is 0 Å². The summed E-state index contributed by atoms with van der Waals surface area (Å²) in [5, 5.41) is 3.37. The highest BCUT2D eigenvalue weighted by Crippen LogP contribution is 2.25. The van der Waals surface area contributed by atoms with Crippen LogP contribution in [0.1, 0.15) is 31.7 Å². The first-order valence-corrected chi connectivity index (χ1v) is 6.39. The van der Waals surface area contributed by atoms with Gasteiger partial charge < -0.3 is 14.2 Å². The summed E-state index contributed by atoms with van der Waals surface area (Å²) in [6.07, 6.45) is 5.27. The monoisotopic (exact) mass is 248 g/mol. The van der Waals surface area contributed by atoms with E-state index < -0.39 is 0 Å².